The standard InChI is InChI=1S/C25H29N3O5/c1-25(2)11-17(29)23-20(12-25)33-24(27)16(13-26)22(23)15-6-7-18(19(10-15)31-3)32-14-21(30)28-8-4-5-9-28/h6-7,10,22H,4-5,8-9,11-12,14,27H2,1-3H3. The first-order chi connectivity index (χ1) is 15.7. The van der Waals surface area contributed by atoms with Crippen molar-refractivity contribution >= 4 is 11.7 Å². The van der Waals surface area contributed by atoms with Gasteiger partial charge >= 0.3 is 0 Å². The second-order valence-electron chi connectivity index (χ2n) is 9.49. The number of nitriles is 1. The Kier molecular flexibility index (Phi) is 6.07. The molecule has 1 atom stereocenters. The number of Topliss-reactive ketones (excluding diaryl/α,β-unsaturated/α-hetero) is 1. The molecule has 8 nitrogen and oxygen atoms in total. The predicted octanol–water partition coefficient (Wildman–Crippen LogP) is 3.15. The Hall–Kier alpha value is -3.47. The highest BCUT2D eigenvalue weighted by Gasteiger charge is 2.43. The number of allylic oxidation sites excluding steroid dienone is 3. The summed E-state index contributed by atoms with van der Waals surface area (Å²) in [5, 5.41) is 9.80. The number of carbonyl (C=O) groups is 2. The van der Waals surface area contributed by atoms with Crippen LogP contribution in [0.25, 0.3) is 0 Å². The third kappa shape index (κ3) is 4.40. The zero-order valence-corrected chi connectivity index (χ0v) is 19.3. The quantitative estimate of drug-likeness (QED) is 0.731. The molecule has 1 aliphatic carbocycles. The van der Waals surface area contributed by atoms with Crippen molar-refractivity contribution < 1.29 is 23.8 Å². The number of rotatable bonds is 5. The summed E-state index contributed by atoms with van der Waals surface area (Å²) in [6.07, 6.45) is 2.95. The van der Waals surface area contributed by atoms with Gasteiger partial charge < -0.3 is 24.8 Å². The number of methoxy groups -OCH3 is 1. The van der Waals surface area contributed by atoms with E-state index >= 15 is 0 Å². The van der Waals surface area contributed by atoms with E-state index in [0.717, 1.165) is 25.9 Å². The SMILES string of the molecule is COc1cc(C2C(C#N)=C(N)OC3=C2C(=O)CC(C)(C)C3)ccc1OCC(=O)N1CCCC1. The molecular weight excluding hydrogens is 422 g/mol. The molecule has 1 unspecified atom stereocenters. The van der Waals surface area contributed by atoms with Gasteiger partial charge in [-0.3, -0.25) is 9.59 Å². The fourth-order valence-electron chi connectivity index (χ4n) is 4.80. The van der Waals surface area contributed by atoms with Crippen LogP contribution in [0.4, 0.5) is 0 Å². The van der Waals surface area contributed by atoms with E-state index in [1.165, 1.54) is 7.11 Å². The Morgan fingerprint density at radius 2 is 2.00 bits per heavy atom. The number of carbonyl (C=O) groups excluding carboxylic acids is 2. The van der Waals surface area contributed by atoms with Crippen molar-refractivity contribution in [2.45, 2.75) is 45.4 Å². The number of benzene rings is 1. The van der Waals surface area contributed by atoms with Crippen LogP contribution in [0.2, 0.25) is 0 Å². The minimum atomic E-state index is -0.642. The van der Waals surface area contributed by atoms with Gasteiger partial charge in [-0.25, -0.2) is 0 Å². The van der Waals surface area contributed by atoms with Gasteiger partial charge in [-0.2, -0.15) is 5.26 Å². The van der Waals surface area contributed by atoms with E-state index in [1.54, 1.807) is 23.1 Å². The number of hydrogen-bond acceptors (Lipinski definition) is 7. The summed E-state index contributed by atoms with van der Waals surface area (Å²) >= 11 is 0. The first kappa shape index (κ1) is 22.7. The zero-order chi connectivity index (χ0) is 23.8. The van der Waals surface area contributed by atoms with E-state index in [4.69, 9.17) is 19.9 Å². The molecule has 0 aromatic heterocycles. The Balaban J connectivity index is 1.65. The molecule has 0 spiro atoms. The van der Waals surface area contributed by atoms with Crippen LogP contribution in [0.15, 0.2) is 41.0 Å². The van der Waals surface area contributed by atoms with Crippen LogP contribution in [0.3, 0.4) is 0 Å². The first-order valence-corrected chi connectivity index (χ1v) is 11.2. The van der Waals surface area contributed by atoms with Crippen molar-refractivity contribution in [2.24, 2.45) is 11.1 Å². The average molecular weight is 452 g/mol. The number of nitrogens with two attached hydrogens (primary N) is 1. The maximum atomic E-state index is 13.1. The van der Waals surface area contributed by atoms with E-state index in [1.807, 2.05) is 13.8 Å². The molecule has 1 amide bonds. The molecule has 3 aliphatic rings. The highest BCUT2D eigenvalue weighted by Crippen LogP contribution is 2.48. The van der Waals surface area contributed by atoms with E-state index in [2.05, 4.69) is 6.07 Å². The molecule has 0 saturated carbocycles. The van der Waals surface area contributed by atoms with E-state index in [-0.39, 0.29) is 35.2 Å². The number of amides is 1. The van der Waals surface area contributed by atoms with Gasteiger partial charge in [0.2, 0.25) is 5.88 Å². The summed E-state index contributed by atoms with van der Waals surface area (Å²) in [4.78, 5) is 27.2. The van der Waals surface area contributed by atoms with Gasteiger partial charge in [-0.1, -0.05) is 19.9 Å². The summed E-state index contributed by atoms with van der Waals surface area (Å²) in [7, 11) is 1.51. The van der Waals surface area contributed by atoms with Crippen LogP contribution in [0.1, 0.15) is 51.0 Å². The van der Waals surface area contributed by atoms with Gasteiger partial charge in [0.15, 0.2) is 23.9 Å². The molecule has 2 heterocycles. The van der Waals surface area contributed by atoms with Crippen LogP contribution >= 0.6 is 0 Å². The fraction of sp³-hybridized carbons (Fsp3) is 0.480. The molecule has 2 aliphatic heterocycles. The van der Waals surface area contributed by atoms with Crippen molar-refractivity contribution in [2.75, 3.05) is 26.8 Å². The van der Waals surface area contributed by atoms with E-state index in [9.17, 15) is 14.9 Å². The van der Waals surface area contributed by atoms with Crippen LogP contribution in [-0.2, 0) is 14.3 Å². The van der Waals surface area contributed by atoms with Gasteiger partial charge in [0.05, 0.1) is 13.0 Å². The maximum absolute atomic E-state index is 13.1. The molecule has 0 radical (unpaired) electrons. The van der Waals surface area contributed by atoms with Crippen LogP contribution in [0, 0.1) is 16.7 Å². The molecule has 1 saturated heterocycles. The Morgan fingerprint density at radius 3 is 2.67 bits per heavy atom. The molecule has 4 rings (SSSR count). The topological polar surface area (TPSA) is 115 Å². The third-order valence-corrected chi connectivity index (χ3v) is 6.41. The Labute approximate surface area is 193 Å². The molecule has 1 aromatic carbocycles. The second-order valence-corrected chi connectivity index (χ2v) is 9.49. The lowest BCUT2D eigenvalue weighted by Gasteiger charge is -2.37. The minimum absolute atomic E-state index is 0.0160. The maximum Gasteiger partial charge on any atom is 0.260 e. The summed E-state index contributed by atoms with van der Waals surface area (Å²) in [6.45, 7) is 5.45. The monoisotopic (exact) mass is 451 g/mol. The molecule has 2 N–H and O–H groups in total. The minimum Gasteiger partial charge on any atom is -0.493 e. The largest absolute Gasteiger partial charge is 0.493 e. The van der Waals surface area contributed by atoms with Crippen LogP contribution in [-0.4, -0.2) is 43.4 Å². The van der Waals surface area contributed by atoms with Gasteiger partial charge in [-0.15, -0.1) is 0 Å². The van der Waals surface area contributed by atoms with Crippen molar-refractivity contribution in [1.29, 1.82) is 5.26 Å². The van der Waals surface area contributed by atoms with Gasteiger partial charge in [-0.05, 0) is 36.0 Å². The van der Waals surface area contributed by atoms with Crippen LogP contribution in [0.5, 0.6) is 11.5 Å². The molecule has 8 heteroatoms. The molecule has 33 heavy (non-hydrogen) atoms. The smallest absolute Gasteiger partial charge is 0.260 e. The lowest BCUT2D eigenvalue weighted by molar-refractivity contribution is -0.132. The average Bonchev–Trinajstić information content (AvgIpc) is 3.30. The number of likely N-dealkylation sites (tertiary alicyclic amines) is 1. The Bertz CT molecular complexity index is 1090. The van der Waals surface area contributed by atoms with E-state index in [0.29, 0.717) is 41.2 Å². The fourth-order valence-corrected chi connectivity index (χ4v) is 4.80. The molecule has 174 valence electrons. The normalized spacial score (nSPS) is 21.9. The molecule has 0 bridgehead atoms. The molecular formula is C25H29N3O5. The Morgan fingerprint density at radius 1 is 1.27 bits per heavy atom. The zero-order valence-electron chi connectivity index (χ0n) is 19.3. The van der Waals surface area contributed by atoms with Gasteiger partial charge in [0.25, 0.3) is 5.91 Å². The highest BCUT2D eigenvalue weighted by molar-refractivity contribution is 6.00. The van der Waals surface area contributed by atoms with Gasteiger partial charge in [0, 0.05) is 31.5 Å². The summed E-state index contributed by atoms with van der Waals surface area (Å²) in [6, 6.07) is 7.32. The van der Waals surface area contributed by atoms with E-state index < -0.39 is 5.92 Å². The highest BCUT2D eigenvalue weighted by atomic mass is 16.5. The second kappa shape index (κ2) is 8.81. The summed E-state index contributed by atoms with van der Waals surface area (Å²) < 4.78 is 17.0. The van der Waals surface area contributed by atoms with Crippen molar-refractivity contribution in [3.63, 3.8) is 0 Å². The molecule has 1 aromatic rings. The lowest BCUT2D eigenvalue weighted by atomic mass is 9.70. The summed E-state index contributed by atoms with van der Waals surface area (Å²) in [5.74, 6) is 0.612. The van der Waals surface area contributed by atoms with Gasteiger partial charge in [0.1, 0.15) is 17.4 Å². The predicted molar refractivity (Wildman–Crippen MR) is 120 cm³/mol. The van der Waals surface area contributed by atoms with Crippen LogP contribution < -0.4 is 15.2 Å². The van der Waals surface area contributed by atoms with Crippen molar-refractivity contribution in [1.82, 2.24) is 4.90 Å². The number of nitrogens with zero attached hydrogens (tertiary/aromatic N) is 2. The third-order valence-electron chi connectivity index (χ3n) is 6.41. The lowest BCUT2D eigenvalue weighted by Crippen LogP contribution is -2.33. The summed E-state index contributed by atoms with van der Waals surface area (Å²) in [5.41, 5.74) is 7.19. The number of ether oxygens (including phenoxy) is 3. The molecule has 1 fully saturated rings. The van der Waals surface area contributed by atoms with Crippen molar-refractivity contribution in [3.8, 4) is 17.6 Å². The first-order valence-electron chi connectivity index (χ1n) is 11.2. The van der Waals surface area contributed by atoms with Crippen molar-refractivity contribution in [3.05, 3.63) is 46.6 Å². The number of hydrogen-bond donors (Lipinski definition) is 1. The number of ketones is 1.